The average molecular weight is 473 g/mol. The molecule has 35 heavy (non-hydrogen) atoms. The maximum absolute atomic E-state index is 13.6. The van der Waals surface area contributed by atoms with Gasteiger partial charge in [0, 0.05) is 19.6 Å². The molecule has 1 fully saturated rings. The Kier molecular flexibility index (Phi) is 6.86. The van der Waals surface area contributed by atoms with Crippen molar-refractivity contribution in [2.24, 2.45) is 0 Å². The molecule has 1 N–H and O–H groups in total. The molecule has 1 saturated heterocycles. The molecule has 2 aromatic carbocycles. The van der Waals surface area contributed by atoms with Gasteiger partial charge >= 0.3 is 6.03 Å². The standard InChI is InChI=1S/C28H32N4O3/c1-2-14-32-24-20-31(18-17-30-15-7-4-8-16-30)27(33)25(24)26(29-28(32)34)21-10-9-13-23(19-21)35-22-11-5-3-6-12-22/h2-3,5-6,9-13,19,26H,1,4,7-8,14-18,20H2,(H,29,34). The summed E-state index contributed by atoms with van der Waals surface area (Å²) in [4.78, 5) is 32.7. The fraction of sp³-hybridized carbons (Fsp3) is 0.357. The van der Waals surface area contributed by atoms with Crippen molar-refractivity contribution in [1.82, 2.24) is 20.0 Å². The van der Waals surface area contributed by atoms with E-state index >= 15 is 0 Å². The van der Waals surface area contributed by atoms with E-state index in [1.54, 1.807) is 11.0 Å². The van der Waals surface area contributed by atoms with E-state index in [2.05, 4.69) is 16.8 Å². The number of ether oxygens (including phenoxy) is 1. The molecule has 7 nitrogen and oxygen atoms in total. The molecule has 2 aromatic rings. The summed E-state index contributed by atoms with van der Waals surface area (Å²) in [5.74, 6) is 1.38. The first kappa shape index (κ1) is 23.2. The molecule has 3 heterocycles. The largest absolute Gasteiger partial charge is 0.457 e. The Morgan fingerprint density at radius 3 is 2.51 bits per heavy atom. The monoisotopic (exact) mass is 472 g/mol. The molecule has 3 aliphatic rings. The van der Waals surface area contributed by atoms with Gasteiger partial charge in [0.2, 0.25) is 0 Å². The molecule has 3 amide bonds. The first-order valence-electron chi connectivity index (χ1n) is 12.4. The van der Waals surface area contributed by atoms with Gasteiger partial charge in [0.15, 0.2) is 0 Å². The highest BCUT2D eigenvalue weighted by atomic mass is 16.5. The van der Waals surface area contributed by atoms with Crippen molar-refractivity contribution in [1.29, 1.82) is 0 Å². The first-order chi connectivity index (χ1) is 17.1. The minimum Gasteiger partial charge on any atom is -0.457 e. The number of nitrogens with one attached hydrogen (secondary N) is 1. The van der Waals surface area contributed by atoms with Crippen LogP contribution in [0.5, 0.6) is 11.5 Å². The van der Waals surface area contributed by atoms with Gasteiger partial charge in [-0.2, -0.15) is 0 Å². The Labute approximate surface area is 206 Å². The van der Waals surface area contributed by atoms with Crippen molar-refractivity contribution >= 4 is 11.9 Å². The number of rotatable bonds is 8. The van der Waals surface area contributed by atoms with E-state index < -0.39 is 6.04 Å². The minimum atomic E-state index is -0.523. The molecule has 0 bridgehead atoms. The number of benzene rings is 2. The Balaban J connectivity index is 1.40. The second-order valence-corrected chi connectivity index (χ2v) is 9.26. The number of hydrogen-bond donors (Lipinski definition) is 1. The highest BCUT2D eigenvalue weighted by Gasteiger charge is 2.43. The molecule has 3 aliphatic heterocycles. The summed E-state index contributed by atoms with van der Waals surface area (Å²) in [6, 6.07) is 16.4. The fourth-order valence-corrected chi connectivity index (χ4v) is 5.13. The van der Waals surface area contributed by atoms with E-state index in [9.17, 15) is 9.59 Å². The van der Waals surface area contributed by atoms with Crippen LogP contribution in [0.3, 0.4) is 0 Å². The van der Waals surface area contributed by atoms with Crippen LogP contribution in [-0.4, -0.2) is 65.9 Å². The van der Waals surface area contributed by atoms with Crippen molar-refractivity contribution in [3.05, 3.63) is 84.1 Å². The SMILES string of the molecule is C=CCN1C(=O)NC(c2cccc(Oc3ccccc3)c2)C2=C1CN(CCN1CCCCC1)C2=O. The second-order valence-electron chi connectivity index (χ2n) is 9.26. The lowest BCUT2D eigenvalue weighted by atomic mass is 9.95. The average Bonchev–Trinajstić information content (AvgIpc) is 3.21. The molecule has 0 aromatic heterocycles. The molecule has 0 aliphatic carbocycles. The van der Waals surface area contributed by atoms with Crippen LogP contribution in [0.15, 0.2) is 78.5 Å². The predicted octanol–water partition coefficient (Wildman–Crippen LogP) is 4.31. The summed E-state index contributed by atoms with van der Waals surface area (Å²) in [5, 5.41) is 3.05. The Morgan fingerprint density at radius 1 is 0.971 bits per heavy atom. The maximum atomic E-state index is 13.6. The number of para-hydroxylation sites is 1. The number of carbonyl (C=O) groups excluding carboxylic acids is 2. The van der Waals surface area contributed by atoms with Gasteiger partial charge in [0.25, 0.3) is 5.91 Å². The van der Waals surface area contributed by atoms with Crippen LogP contribution in [0, 0.1) is 0 Å². The van der Waals surface area contributed by atoms with Gasteiger partial charge in [0.1, 0.15) is 11.5 Å². The summed E-state index contributed by atoms with van der Waals surface area (Å²) < 4.78 is 6.01. The van der Waals surface area contributed by atoms with Crippen molar-refractivity contribution in [2.45, 2.75) is 25.3 Å². The fourth-order valence-electron chi connectivity index (χ4n) is 5.13. The lowest BCUT2D eigenvalue weighted by molar-refractivity contribution is -0.126. The van der Waals surface area contributed by atoms with Crippen molar-refractivity contribution in [3.63, 3.8) is 0 Å². The number of carbonyl (C=O) groups is 2. The number of likely N-dealkylation sites (tertiary alicyclic amines) is 1. The molecule has 0 radical (unpaired) electrons. The van der Waals surface area contributed by atoms with Crippen molar-refractivity contribution in [2.75, 3.05) is 39.3 Å². The maximum Gasteiger partial charge on any atom is 0.322 e. The lowest BCUT2D eigenvalue weighted by Crippen LogP contribution is -2.47. The highest BCUT2D eigenvalue weighted by Crippen LogP contribution is 2.37. The summed E-state index contributed by atoms with van der Waals surface area (Å²) in [6.07, 6.45) is 5.42. The summed E-state index contributed by atoms with van der Waals surface area (Å²) >= 11 is 0. The lowest BCUT2D eigenvalue weighted by Gasteiger charge is -2.33. The first-order valence-corrected chi connectivity index (χ1v) is 12.4. The number of hydrogen-bond acceptors (Lipinski definition) is 4. The zero-order chi connectivity index (χ0) is 24.2. The van der Waals surface area contributed by atoms with Gasteiger partial charge in [-0.3, -0.25) is 9.69 Å². The molecular weight excluding hydrogens is 440 g/mol. The van der Waals surface area contributed by atoms with Crippen LogP contribution >= 0.6 is 0 Å². The van der Waals surface area contributed by atoms with E-state index in [0.717, 1.165) is 36.6 Å². The van der Waals surface area contributed by atoms with Gasteiger partial charge in [-0.15, -0.1) is 6.58 Å². The van der Waals surface area contributed by atoms with E-state index in [4.69, 9.17) is 4.74 Å². The molecule has 7 heteroatoms. The zero-order valence-corrected chi connectivity index (χ0v) is 20.0. The molecule has 182 valence electrons. The van der Waals surface area contributed by atoms with Gasteiger partial charge in [-0.1, -0.05) is 42.8 Å². The molecule has 0 saturated carbocycles. The van der Waals surface area contributed by atoms with E-state index in [-0.39, 0.29) is 11.9 Å². The van der Waals surface area contributed by atoms with Crippen LogP contribution in [0.1, 0.15) is 30.9 Å². The summed E-state index contributed by atoms with van der Waals surface area (Å²) in [5.41, 5.74) is 2.24. The third-order valence-electron chi connectivity index (χ3n) is 6.91. The second kappa shape index (κ2) is 10.4. The Bertz CT molecular complexity index is 1120. The van der Waals surface area contributed by atoms with Gasteiger partial charge in [-0.25, -0.2) is 4.79 Å². The summed E-state index contributed by atoms with van der Waals surface area (Å²) in [7, 11) is 0. The van der Waals surface area contributed by atoms with E-state index in [0.29, 0.717) is 31.0 Å². The van der Waals surface area contributed by atoms with Crippen LogP contribution in [-0.2, 0) is 4.79 Å². The van der Waals surface area contributed by atoms with Crippen LogP contribution in [0.25, 0.3) is 0 Å². The topological polar surface area (TPSA) is 65.1 Å². The van der Waals surface area contributed by atoms with Gasteiger partial charge < -0.3 is 19.9 Å². The number of urea groups is 1. The Hall–Kier alpha value is -3.58. The van der Waals surface area contributed by atoms with Crippen molar-refractivity contribution in [3.8, 4) is 11.5 Å². The molecular formula is C28H32N4O3. The van der Waals surface area contributed by atoms with Crippen LogP contribution in [0.2, 0.25) is 0 Å². The summed E-state index contributed by atoms with van der Waals surface area (Å²) in [6.45, 7) is 8.31. The Morgan fingerprint density at radius 2 is 1.74 bits per heavy atom. The molecule has 1 atom stereocenters. The van der Waals surface area contributed by atoms with Crippen molar-refractivity contribution < 1.29 is 14.3 Å². The third-order valence-corrected chi connectivity index (χ3v) is 6.91. The van der Waals surface area contributed by atoms with Crippen LogP contribution < -0.4 is 10.1 Å². The quantitative estimate of drug-likeness (QED) is 0.582. The van der Waals surface area contributed by atoms with E-state index in [1.807, 2.05) is 59.5 Å². The van der Waals surface area contributed by atoms with Crippen LogP contribution in [0.4, 0.5) is 4.79 Å². The molecule has 1 unspecified atom stereocenters. The van der Waals surface area contributed by atoms with Gasteiger partial charge in [0.05, 0.1) is 23.9 Å². The molecule has 0 spiro atoms. The number of piperidine rings is 1. The van der Waals surface area contributed by atoms with Gasteiger partial charge in [-0.05, 0) is 55.8 Å². The smallest absolute Gasteiger partial charge is 0.322 e. The zero-order valence-electron chi connectivity index (χ0n) is 20.0. The van der Waals surface area contributed by atoms with E-state index in [1.165, 1.54) is 19.3 Å². The minimum absolute atomic E-state index is 0.00884. The predicted molar refractivity (Wildman–Crippen MR) is 135 cm³/mol. The third kappa shape index (κ3) is 4.95. The number of amides is 3. The number of nitrogens with zero attached hydrogens (tertiary/aromatic N) is 3. The highest BCUT2D eigenvalue weighted by molar-refractivity contribution is 6.01. The molecule has 5 rings (SSSR count). The normalized spacial score (nSPS) is 20.6.